The van der Waals surface area contributed by atoms with Crippen LogP contribution in [0.25, 0.3) is 6.08 Å². The Morgan fingerprint density at radius 3 is 2.74 bits per heavy atom. The molecule has 0 radical (unpaired) electrons. The fraction of sp³-hybridized carbons (Fsp3) is 0.409. The lowest BCUT2D eigenvalue weighted by Crippen LogP contribution is -2.39. The summed E-state index contributed by atoms with van der Waals surface area (Å²) >= 11 is 0. The summed E-state index contributed by atoms with van der Waals surface area (Å²) in [4.78, 5) is 16.4. The van der Waals surface area contributed by atoms with Gasteiger partial charge >= 0.3 is 0 Å². The van der Waals surface area contributed by atoms with Crippen LogP contribution in [-0.4, -0.2) is 48.9 Å². The second-order valence-electron chi connectivity index (χ2n) is 7.19. The van der Waals surface area contributed by atoms with E-state index in [9.17, 15) is 9.18 Å². The Balaban J connectivity index is 1.38. The van der Waals surface area contributed by atoms with Crippen LogP contribution in [0, 0.1) is 11.7 Å². The summed E-state index contributed by atoms with van der Waals surface area (Å²) in [6.45, 7) is 3.66. The van der Waals surface area contributed by atoms with Crippen LogP contribution in [0.5, 0.6) is 0 Å². The third-order valence-electron chi connectivity index (χ3n) is 5.20. The van der Waals surface area contributed by atoms with Crippen molar-refractivity contribution in [3.63, 3.8) is 0 Å². The van der Waals surface area contributed by atoms with Gasteiger partial charge in [0, 0.05) is 26.2 Å². The number of piperidine rings is 1. The fourth-order valence-corrected chi connectivity index (χ4v) is 3.52. The smallest absolute Gasteiger partial charge is 0.246 e. The zero-order valence-electron chi connectivity index (χ0n) is 15.8. The first-order chi connectivity index (χ1) is 13.1. The second-order valence-corrected chi connectivity index (χ2v) is 7.19. The van der Waals surface area contributed by atoms with Crippen LogP contribution in [0.4, 0.5) is 4.39 Å². The Bertz CT molecular complexity index is 749. The molecule has 4 nitrogen and oxygen atoms in total. The predicted octanol–water partition coefficient (Wildman–Crippen LogP) is 3.85. The van der Waals surface area contributed by atoms with Gasteiger partial charge in [-0.15, -0.1) is 0 Å². The van der Waals surface area contributed by atoms with E-state index in [0.717, 1.165) is 51.0 Å². The van der Waals surface area contributed by atoms with Crippen LogP contribution in [0.3, 0.4) is 0 Å². The van der Waals surface area contributed by atoms with Gasteiger partial charge in [0.1, 0.15) is 11.6 Å². The highest BCUT2D eigenvalue weighted by Crippen LogP contribution is 2.19. The van der Waals surface area contributed by atoms with Crippen molar-refractivity contribution in [3.8, 4) is 0 Å². The van der Waals surface area contributed by atoms with Crippen LogP contribution >= 0.6 is 0 Å². The van der Waals surface area contributed by atoms with Gasteiger partial charge in [0.25, 0.3) is 0 Å². The molecule has 0 saturated carbocycles. The highest BCUT2D eigenvalue weighted by Gasteiger charge is 2.21. The van der Waals surface area contributed by atoms with Gasteiger partial charge in [-0.3, -0.25) is 4.79 Å². The maximum absolute atomic E-state index is 13.7. The van der Waals surface area contributed by atoms with Crippen LogP contribution in [0.2, 0.25) is 0 Å². The first-order valence-corrected chi connectivity index (χ1v) is 9.54. The Morgan fingerprint density at radius 2 is 2.04 bits per heavy atom. The maximum atomic E-state index is 13.7. The quantitative estimate of drug-likeness (QED) is 0.695. The standard InChI is InChI=1S/C22H27FN2O2/c1-24(22(26)9-8-20-6-4-16-27-20)17-18-10-13-25(14-11-18)15-12-19-5-2-3-7-21(19)23/h2-9,16,18H,10-15,17H2,1H3/b9-8+. The average Bonchev–Trinajstić information content (AvgIpc) is 3.20. The van der Waals surface area contributed by atoms with Gasteiger partial charge in [-0.1, -0.05) is 18.2 Å². The summed E-state index contributed by atoms with van der Waals surface area (Å²) in [5.74, 6) is 1.07. The van der Waals surface area contributed by atoms with Gasteiger partial charge in [0.15, 0.2) is 0 Å². The normalized spacial score (nSPS) is 16.1. The Hall–Kier alpha value is -2.40. The van der Waals surface area contributed by atoms with E-state index in [4.69, 9.17) is 4.42 Å². The number of hydrogen-bond donors (Lipinski definition) is 0. The Kier molecular flexibility index (Phi) is 6.82. The molecule has 0 atom stereocenters. The van der Waals surface area contributed by atoms with Gasteiger partial charge in [0.2, 0.25) is 5.91 Å². The van der Waals surface area contributed by atoms with Crippen molar-refractivity contribution >= 4 is 12.0 Å². The lowest BCUT2D eigenvalue weighted by Gasteiger charge is -2.33. The summed E-state index contributed by atoms with van der Waals surface area (Å²) in [5.41, 5.74) is 0.785. The van der Waals surface area contributed by atoms with E-state index in [2.05, 4.69) is 4.90 Å². The number of likely N-dealkylation sites (tertiary alicyclic amines) is 1. The van der Waals surface area contributed by atoms with Gasteiger partial charge < -0.3 is 14.2 Å². The monoisotopic (exact) mass is 370 g/mol. The Morgan fingerprint density at radius 1 is 1.26 bits per heavy atom. The first-order valence-electron chi connectivity index (χ1n) is 9.54. The van der Waals surface area contributed by atoms with Gasteiger partial charge in [-0.05, 0) is 68.1 Å². The molecule has 0 N–H and O–H groups in total. The molecule has 5 heteroatoms. The summed E-state index contributed by atoms with van der Waals surface area (Å²) in [6.07, 6.45) is 7.72. The number of rotatable bonds is 7. The van der Waals surface area contributed by atoms with E-state index in [1.54, 1.807) is 35.4 Å². The number of amides is 1. The molecule has 2 aromatic rings. The minimum absolute atomic E-state index is 0.00613. The number of nitrogens with zero attached hydrogens (tertiary/aromatic N) is 2. The molecule has 0 bridgehead atoms. The predicted molar refractivity (Wildman–Crippen MR) is 105 cm³/mol. The largest absolute Gasteiger partial charge is 0.465 e. The molecule has 0 aliphatic carbocycles. The number of carbonyl (C=O) groups excluding carboxylic acids is 1. The van der Waals surface area contributed by atoms with Gasteiger partial charge in [-0.25, -0.2) is 4.39 Å². The summed E-state index contributed by atoms with van der Waals surface area (Å²) in [5, 5.41) is 0. The minimum Gasteiger partial charge on any atom is -0.465 e. The second kappa shape index (κ2) is 9.51. The molecule has 144 valence electrons. The lowest BCUT2D eigenvalue weighted by atomic mass is 9.96. The summed E-state index contributed by atoms with van der Waals surface area (Å²) in [6, 6.07) is 10.6. The molecule has 1 aliphatic heterocycles. The topological polar surface area (TPSA) is 36.7 Å². The SMILES string of the molecule is CN(CC1CCN(CCc2ccccc2F)CC1)C(=O)/C=C/c1ccco1. The molecule has 27 heavy (non-hydrogen) atoms. The van der Waals surface area contributed by atoms with E-state index in [-0.39, 0.29) is 11.7 Å². The van der Waals surface area contributed by atoms with Crippen LogP contribution < -0.4 is 0 Å². The molecule has 3 rings (SSSR count). The van der Waals surface area contributed by atoms with Crippen molar-refractivity contribution in [1.29, 1.82) is 0 Å². The van der Waals surface area contributed by atoms with Crippen LogP contribution in [0.1, 0.15) is 24.2 Å². The van der Waals surface area contributed by atoms with Crippen molar-refractivity contribution in [2.45, 2.75) is 19.3 Å². The van der Waals surface area contributed by atoms with Gasteiger partial charge in [-0.2, -0.15) is 0 Å². The molecule has 0 spiro atoms. The zero-order chi connectivity index (χ0) is 19.1. The fourth-order valence-electron chi connectivity index (χ4n) is 3.52. The molecule has 1 amide bonds. The number of benzene rings is 1. The van der Waals surface area contributed by atoms with Crippen molar-refractivity contribution < 1.29 is 13.6 Å². The molecule has 0 unspecified atom stereocenters. The lowest BCUT2D eigenvalue weighted by molar-refractivity contribution is -0.125. The van der Waals surface area contributed by atoms with Crippen molar-refractivity contribution in [2.24, 2.45) is 5.92 Å². The van der Waals surface area contributed by atoms with Crippen LogP contribution in [0.15, 0.2) is 53.2 Å². The zero-order valence-corrected chi connectivity index (χ0v) is 15.8. The number of hydrogen-bond acceptors (Lipinski definition) is 3. The molecule has 1 aromatic carbocycles. The number of halogens is 1. The first kappa shape index (κ1) is 19.4. The number of furan rings is 1. The molecular weight excluding hydrogens is 343 g/mol. The molecule has 2 heterocycles. The van der Waals surface area contributed by atoms with Crippen molar-refractivity contribution in [2.75, 3.05) is 33.2 Å². The average molecular weight is 370 g/mol. The van der Waals surface area contributed by atoms with E-state index in [0.29, 0.717) is 11.7 Å². The highest BCUT2D eigenvalue weighted by molar-refractivity contribution is 5.91. The van der Waals surface area contributed by atoms with E-state index in [1.807, 2.05) is 25.2 Å². The maximum Gasteiger partial charge on any atom is 0.246 e. The van der Waals surface area contributed by atoms with E-state index in [1.165, 1.54) is 6.07 Å². The third-order valence-corrected chi connectivity index (χ3v) is 5.20. The van der Waals surface area contributed by atoms with E-state index < -0.39 is 0 Å². The highest BCUT2D eigenvalue weighted by atomic mass is 19.1. The van der Waals surface area contributed by atoms with Gasteiger partial charge in [0.05, 0.1) is 6.26 Å². The molecule has 1 saturated heterocycles. The molecule has 1 aliphatic rings. The third kappa shape index (κ3) is 5.79. The molecule has 1 fully saturated rings. The minimum atomic E-state index is -0.116. The van der Waals surface area contributed by atoms with Crippen molar-refractivity contribution in [3.05, 3.63) is 65.9 Å². The summed E-state index contributed by atoms with van der Waals surface area (Å²) < 4.78 is 18.9. The number of likely N-dealkylation sites (N-methyl/N-ethyl adjacent to an activating group) is 1. The number of carbonyl (C=O) groups is 1. The molecular formula is C22H27FN2O2. The van der Waals surface area contributed by atoms with E-state index >= 15 is 0 Å². The molecule has 1 aromatic heterocycles. The van der Waals surface area contributed by atoms with Crippen molar-refractivity contribution in [1.82, 2.24) is 9.80 Å². The van der Waals surface area contributed by atoms with Crippen LogP contribution in [-0.2, 0) is 11.2 Å². The summed E-state index contributed by atoms with van der Waals surface area (Å²) in [7, 11) is 1.85. The Labute approximate surface area is 160 Å².